The van der Waals surface area contributed by atoms with Crippen LogP contribution in [0, 0.1) is 10.8 Å². The van der Waals surface area contributed by atoms with Crippen molar-refractivity contribution in [3.8, 4) is 5.75 Å². The van der Waals surface area contributed by atoms with Crippen LogP contribution in [0.15, 0.2) is 24.3 Å². The first-order chi connectivity index (χ1) is 63.6. The number of primary amides is 4. The molecule has 0 radical (unpaired) electrons. The molecule has 0 heterocycles. The first-order valence-corrected chi connectivity index (χ1v) is 44.7. The molecule has 42 N–H and O–H groups in total. The van der Waals surface area contributed by atoms with Gasteiger partial charge in [-0.3, -0.25) is 113 Å². The quantitative estimate of drug-likeness (QED) is 0.0125. The van der Waals surface area contributed by atoms with Gasteiger partial charge in [-0.25, -0.2) is 0 Å². The van der Waals surface area contributed by atoms with E-state index in [-0.39, 0.29) is 82.7 Å². The molecule has 0 aliphatic rings. The van der Waals surface area contributed by atoms with E-state index >= 15 is 0 Å². The zero-order chi connectivity index (χ0) is 102. The van der Waals surface area contributed by atoms with Crippen molar-refractivity contribution in [1.29, 1.82) is 10.8 Å². The van der Waals surface area contributed by atoms with Crippen molar-refractivity contribution in [2.75, 3.05) is 32.8 Å². The van der Waals surface area contributed by atoms with Gasteiger partial charge in [0.05, 0.1) is 50.3 Å². The van der Waals surface area contributed by atoms with Crippen LogP contribution in [0.5, 0.6) is 5.75 Å². The van der Waals surface area contributed by atoms with E-state index in [1.807, 2.05) is 0 Å². The lowest BCUT2D eigenvalue weighted by Gasteiger charge is -2.30. The second-order valence-electron chi connectivity index (χ2n) is 32.5. The molecule has 0 spiro atoms. The Hall–Kier alpha value is -12.8. The van der Waals surface area contributed by atoms with Gasteiger partial charge < -0.3 is 161 Å². The van der Waals surface area contributed by atoms with Crippen LogP contribution in [-0.2, 0) is 97.5 Å². The number of guanidine groups is 2. The summed E-state index contributed by atoms with van der Waals surface area (Å²) >= 11 is 0. The highest BCUT2D eigenvalue weighted by molar-refractivity contribution is 6.01. The number of hydrogen-bond acceptors (Lipinski definition) is 30. The zero-order valence-electron chi connectivity index (χ0n) is 76.7. The number of aliphatic hydroxyl groups excluding tert-OH is 4. The number of unbranched alkanes of at least 4 members (excludes halogenated alkanes) is 12. The first-order valence-electron chi connectivity index (χ1n) is 44.7. The molecule has 16 atom stereocenters. The summed E-state index contributed by atoms with van der Waals surface area (Å²) < 4.78 is 0. The first kappa shape index (κ1) is 120. The zero-order valence-corrected chi connectivity index (χ0v) is 76.7. The highest BCUT2D eigenvalue weighted by Gasteiger charge is 2.40. The van der Waals surface area contributed by atoms with Crippen LogP contribution in [0.2, 0.25) is 0 Å². The van der Waals surface area contributed by atoms with E-state index in [1.54, 1.807) is 0 Å². The number of aromatic hydroxyl groups is 1. The highest BCUT2D eigenvalue weighted by atomic mass is 16.4. The van der Waals surface area contributed by atoms with Gasteiger partial charge in [0.2, 0.25) is 100 Å². The maximum atomic E-state index is 14.4. The lowest BCUT2D eigenvalue weighted by molar-refractivity contribution is -0.142. The van der Waals surface area contributed by atoms with Crippen molar-refractivity contribution in [2.45, 2.75) is 317 Å². The van der Waals surface area contributed by atoms with Crippen LogP contribution < -0.4 is 136 Å². The maximum Gasteiger partial charge on any atom is 0.305 e. The van der Waals surface area contributed by atoms with E-state index in [2.05, 4.69) is 97.3 Å². The van der Waals surface area contributed by atoms with Crippen molar-refractivity contribution in [3.05, 3.63) is 29.8 Å². The number of benzene rings is 1. The molecule has 762 valence electrons. The van der Waals surface area contributed by atoms with Crippen LogP contribution in [0.3, 0.4) is 0 Å². The average molecular weight is 1920 g/mol. The molecule has 0 fully saturated rings. The Labute approximate surface area is 780 Å². The van der Waals surface area contributed by atoms with Crippen molar-refractivity contribution in [1.82, 2.24) is 90.4 Å². The summed E-state index contributed by atoms with van der Waals surface area (Å²) in [6, 6.07) is -18.0. The number of carboxylic acids is 2. The molecule has 53 nitrogen and oxygen atoms in total. The topological polar surface area (TPSA) is 926 Å². The minimum absolute atomic E-state index is 0.0452. The summed E-state index contributed by atoms with van der Waals surface area (Å²) in [6.07, 6.45) is -0.230. The molecule has 0 aromatic heterocycles. The van der Waals surface area contributed by atoms with Crippen molar-refractivity contribution in [3.63, 3.8) is 0 Å². The molecule has 16 unspecified atom stereocenters. The van der Waals surface area contributed by atoms with Crippen LogP contribution >= 0.6 is 0 Å². The molecule has 53 heteroatoms. The van der Waals surface area contributed by atoms with Gasteiger partial charge in [-0.05, 0) is 109 Å². The SMILES string of the molecule is CCCCCCCCCCCCCCCC(=O)NC(CCCNC(=N)N)C(=O)NC(CCC(=O)O)C(=O)NC(C(=O)NC(CC(N)=O)C(=O)NC(C)C(=O)NCC(=O)NC(CCCNC(=N)N)C(=O)NC(CO)C(O)NC(CC(=O)O)C(=O)NC(C(=O)NC(CCCNC(N)N)C(=O)NC(CCC(N)=O)C(=O)NC(CCC(N)=O)C(=O)NC(Cc1ccc(O)cc1)C(N)=O)C(C)O)C(C)O. The number of phenols is 1. The molecule has 0 bridgehead atoms. The summed E-state index contributed by atoms with van der Waals surface area (Å²) in [6.45, 7) is 2.93. The molecule has 0 aliphatic heterocycles. The van der Waals surface area contributed by atoms with E-state index < -0.39 is 286 Å². The summed E-state index contributed by atoms with van der Waals surface area (Å²) in [5.41, 5.74) is 44.3. The fourth-order valence-corrected chi connectivity index (χ4v) is 13.3. The smallest absolute Gasteiger partial charge is 0.305 e. The van der Waals surface area contributed by atoms with Crippen molar-refractivity contribution >= 4 is 124 Å². The summed E-state index contributed by atoms with van der Waals surface area (Å²) in [5, 5.41) is 128. The number of hydrogen-bond donors (Lipinski definition) is 34. The summed E-state index contributed by atoms with van der Waals surface area (Å²) in [7, 11) is 0. The minimum Gasteiger partial charge on any atom is -0.508 e. The van der Waals surface area contributed by atoms with Gasteiger partial charge in [0.25, 0.3) is 0 Å². The van der Waals surface area contributed by atoms with Gasteiger partial charge in [-0.1, -0.05) is 96.1 Å². The average Bonchev–Trinajstić information content (AvgIpc) is 0.857. The Morgan fingerprint density at radius 2 is 0.748 bits per heavy atom. The summed E-state index contributed by atoms with van der Waals surface area (Å²) in [5.74, 6) is -23.6. The molecule has 0 aliphatic carbocycles. The molecule has 0 saturated carbocycles. The van der Waals surface area contributed by atoms with E-state index in [4.69, 9.17) is 56.7 Å². The number of phenolic OH excluding ortho intramolecular Hbond substituents is 1. The van der Waals surface area contributed by atoms with Gasteiger partial charge in [-0.15, -0.1) is 0 Å². The van der Waals surface area contributed by atoms with Crippen molar-refractivity contribution in [2.24, 2.45) is 45.9 Å². The van der Waals surface area contributed by atoms with Crippen LogP contribution in [0.25, 0.3) is 0 Å². The van der Waals surface area contributed by atoms with Gasteiger partial charge >= 0.3 is 11.9 Å². The Morgan fingerprint density at radius 3 is 1.16 bits per heavy atom. The van der Waals surface area contributed by atoms with E-state index in [0.717, 1.165) is 59.3 Å². The minimum atomic E-state index is -2.34. The molecule has 135 heavy (non-hydrogen) atoms. The molecule has 0 saturated heterocycles. The number of carbonyl (C=O) groups excluding carboxylic acids is 17. The predicted molar refractivity (Wildman–Crippen MR) is 484 cm³/mol. The standard InChI is InChI=1S/C82H143N27O26/c1-5-6-7-8-9-10-11-12-13-14-15-16-17-24-61(117)98-48(21-18-35-93-80(87)88)69(125)102-53(31-34-63(119)120)74(130)108-66(45(4)112)79(135)106-55(39-60(85)116)75(131)97-43(2)68(124)96-41-62(118)99-49(22-19-36-94-81(89)90)70(126)107-57(42-110)77(133)105-56(40-64(121)122)76(132)109-65(44(3)111)78(134)103-50(23-20-37-95-82(91)92)71(127)100-51(29-32-58(83)114)72(128)101-52(30-33-59(84)115)73(129)104-54(67(86)123)38-46-25-27-47(113)28-26-46/h25-28,43-45,48-57,65-66,77,82,95,105,110-113,133H,5-24,29-42,91-92H2,1-4H3,(H2,83,114)(H2,84,115)(H2,85,116)(H2,86,123)(H,96,124)(H,97,131)(H,98,117)(H,99,118)(H,100,127)(H,101,128)(H,102,125)(H,103,134)(H,104,129)(H,106,135)(H,107,126)(H,108,130)(H,109,132)(H,119,120)(H,121,122)(H4,87,88,93)(H4,89,90,94). The fraction of sp³-hybridized carbons (Fsp3) is 0.671. The predicted octanol–water partition coefficient (Wildman–Crippen LogP) is -10.3. The largest absolute Gasteiger partial charge is 0.508 e. The van der Waals surface area contributed by atoms with Gasteiger partial charge in [-0.2, -0.15) is 0 Å². The second kappa shape index (κ2) is 66.5. The molecule has 1 aromatic carbocycles. The monoisotopic (exact) mass is 1920 g/mol. The van der Waals surface area contributed by atoms with E-state index in [0.29, 0.717) is 12.0 Å². The summed E-state index contributed by atoms with van der Waals surface area (Å²) in [4.78, 5) is 254. The number of carbonyl (C=O) groups is 19. The van der Waals surface area contributed by atoms with Crippen molar-refractivity contribution < 1.29 is 127 Å². The lowest BCUT2D eigenvalue weighted by atomic mass is 10.0. The number of rotatable bonds is 74. The molecule has 1 rings (SSSR count). The number of carboxylic acid groups (broad SMARTS) is 2. The number of nitrogens with one attached hydrogen (secondary N) is 19. The van der Waals surface area contributed by atoms with Gasteiger partial charge in [0, 0.05) is 45.2 Å². The number of aliphatic hydroxyl groups is 4. The Kier molecular flexibility index (Phi) is 59.2. The normalized spacial score (nSPS) is 14.7. The molecular formula is C82H143N27O26. The van der Waals surface area contributed by atoms with Gasteiger partial charge in [0.1, 0.15) is 84.7 Å². The maximum absolute atomic E-state index is 14.4. The van der Waals surface area contributed by atoms with E-state index in [9.17, 15) is 127 Å². The second-order valence-corrected chi connectivity index (χ2v) is 32.5. The number of nitrogens with two attached hydrogens (primary N) is 8. The number of aliphatic carboxylic acids is 2. The molecule has 17 amide bonds. The highest BCUT2D eigenvalue weighted by Crippen LogP contribution is 2.17. The van der Waals surface area contributed by atoms with Crippen LogP contribution in [-0.4, -0.2) is 296 Å². The molecule has 1 aromatic rings. The van der Waals surface area contributed by atoms with Gasteiger partial charge in [0.15, 0.2) is 11.9 Å². The third kappa shape index (κ3) is 53.6. The third-order valence-corrected chi connectivity index (χ3v) is 20.7. The lowest BCUT2D eigenvalue weighted by Crippen LogP contribution is -2.63. The number of amides is 17. The third-order valence-electron chi connectivity index (χ3n) is 20.7. The molecular weight excluding hydrogens is 1780 g/mol. The Balaban J connectivity index is 3.44. The Bertz CT molecular complexity index is 4040. The van der Waals surface area contributed by atoms with Crippen LogP contribution in [0.1, 0.15) is 213 Å². The Morgan fingerprint density at radius 1 is 0.370 bits per heavy atom. The van der Waals surface area contributed by atoms with Crippen LogP contribution in [0.4, 0.5) is 0 Å². The fourth-order valence-electron chi connectivity index (χ4n) is 13.3. The van der Waals surface area contributed by atoms with E-state index in [1.165, 1.54) is 62.8 Å².